The third kappa shape index (κ3) is 3.44. The molecule has 0 saturated carbocycles. The normalized spacial score (nSPS) is 11.3. The predicted octanol–water partition coefficient (Wildman–Crippen LogP) is 2.24. The van der Waals surface area contributed by atoms with Gasteiger partial charge in [-0.2, -0.15) is 12.6 Å². The number of rotatable bonds is 4. The molecule has 0 saturated heterocycles. The van der Waals surface area contributed by atoms with E-state index >= 15 is 0 Å². The maximum atomic E-state index is 12.0. The molecule has 2 nitrogen and oxygen atoms in total. The van der Waals surface area contributed by atoms with Gasteiger partial charge < -0.3 is 4.90 Å². The number of benzene rings is 1. The van der Waals surface area contributed by atoms with Gasteiger partial charge in [-0.05, 0) is 0 Å². The minimum absolute atomic E-state index is 0.0410. The fourth-order valence-corrected chi connectivity index (χ4v) is 1.48. The highest BCUT2D eigenvalue weighted by Gasteiger charge is 2.10. The van der Waals surface area contributed by atoms with Crippen molar-refractivity contribution in [3.8, 4) is 0 Å². The van der Waals surface area contributed by atoms with Crippen LogP contribution in [-0.4, -0.2) is 30.5 Å². The standard InChI is InChI=1S/C12H15NOS/c1-13(2)8-11(9-15)12(14)10-6-4-3-5-7-10/h3-8,15H,9H2,1-2H3. The largest absolute Gasteiger partial charge is 0.383 e. The Balaban J connectivity index is 2.93. The number of carbonyl (C=O) groups excluding carboxylic acids is 1. The number of hydrogen-bond donors (Lipinski definition) is 1. The van der Waals surface area contributed by atoms with Crippen molar-refractivity contribution in [2.75, 3.05) is 19.8 Å². The highest BCUT2D eigenvalue weighted by atomic mass is 32.1. The van der Waals surface area contributed by atoms with Gasteiger partial charge in [0.1, 0.15) is 0 Å². The fourth-order valence-electron chi connectivity index (χ4n) is 1.26. The van der Waals surface area contributed by atoms with Gasteiger partial charge in [0.2, 0.25) is 0 Å². The van der Waals surface area contributed by atoms with Gasteiger partial charge in [0, 0.05) is 37.2 Å². The first kappa shape index (κ1) is 11.9. The Morgan fingerprint density at radius 3 is 2.40 bits per heavy atom. The molecule has 0 aliphatic carbocycles. The third-order valence-electron chi connectivity index (χ3n) is 1.91. The van der Waals surface area contributed by atoms with Crippen LogP contribution >= 0.6 is 12.6 Å². The van der Waals surface area contributed by atoms with Crippen molar-refractivity contribution >= 4 is 18.4 Å². The molecule has 0 heterocycles. The van der Waals surface area contributed by atoms with Crippen LogP contribution in [0, 0.1) is 0 Å². The monoisotopic (exact) mass is 221 g/mol. The topological polar surface area (TPSA) is 20.3 Å². The predicted molar refractivity (Wildman–Crippen MR) is 66.4 cm³/mol. The van der Waals surface area contributed by atoms with E-state index in [1.165, 1.54) is 0 Å². The number of thiol groups is 1. The zero-order valence-electron chi connectivity index (χ0n) is 8.97. The molecule has 0 amide bonds. The van der Waals surface area contributed by atoms with E-state index in [1.807, 2.05) is 55.5 Å². The Hall–Kier alpha value is -1.22. The summed E-state index contributed by atoms with van der Waals surface area (Å²) in [5.41, 5.74) is 1.41. The molecule has 0 spiro atoms. The molecule has 0 aromatic heterocycles. The minimum Gasteiger partial charge on any atom is -0.383 e. The van der Waals surface area contributed by atoms with E-state index in [0.717, 1.165) is 0 Å². The molecule has 0 bridgehead atoms. The van der Waals surface area contributed by atoms with Gasteiger partial charge in [-0.3, -0.25) is 4.79 Å². The van der Waals surface area contributed by atoms with E-state index in [-0.39, 0.29) is 5.78 Å². The quantitative estimate of drug-likeness (QED) is 0.478. The number of Topliss-reactive ketones (excluding diaryl/α,β-unsaturated/α-hetero) is 1. The van der Waals surface area contributed by atoms with Gasteiger partial charge in [0.25, 0.3) is 0 Å². The van der Waals surface area contributed by atoms with Crippen LogP contribution in [0.1, 0.15) is 10.4 Å². The number of hydrogen-bond acceptors (Lipinski definition) is 3. The average Bonchev–Trinajstić information content (AvgIpc) is 2.26. The third-order valence-corrected chi connectivity index (χ3v) is 2.25. The van der Waals surface area contributed by atoms with Crippen molar-refractivity contribution in [2.45, 2.75) is 0 Å². The van der Waals surface area contributed by atoms with Crippen LogP contribution in [0.5, 0.6) is 0 Å². The van der Waals surface area contributed by atoms with E-state index in [4.69, 9.17) is 0 Å². The summed E-state index contributed by atoms with van der Waals surface area (Å²) in [4.78, 5) is 13.8. The van der Waals surface area contributed by atoms with Gasteiger partial charge in [0.15, 0.2) is 5.78 Å². The Morgan fingerprint density at radius 2 is 1.93 bits per heavy atom. The van der Waals surface area contributed by atoms with Gasteiger partial charge in [-0.25, -0.2) is 0 Å². The molecule has 0 fully saturated rings. The van der Waals surface area contributed by atoms with Crippen LogP contribution in [-0.2, 0) is 0 Å². The molecule has 0 radical (unpaired) electrons. The number of carbonyl (C=O) groups is 1. The molecule has 0 unspecified atom stereocenters. The lowest BCUT2D eigenvalue weighted by Gasteiger charge is -2.09. The molecule has 0 atom stereocenters. The smallest absolute Gasteiger partial charge is 0.191 e. The summed E-state index contributed by atoms with van der Waals surface area (Å²) in [5.74, 6) is 0.491. The molecule has 3 heteroatoms. The van der Waals surface area contributed by atoms with Crippen LogP contribution in [0.3, 0.4) is 0 Å². The second kappa shape index (κ2) is 5.61. The van der Waals surface area contributed by atoms with Crippen molar-refractivity contribution in [1.82, 2.24) is 4.90 Å². The molecular formula is C12H15NOS. The summed E-state index contributed by atoms with van der Waals surface area (Å²) in [7, 11) is 3.78. The van der Waals surface area contributed by atoms with Crippen LogP contribution in [0.25, 0.3) is 0 Å². The van der Waals surface area contributed by atoms with Crippen molar-refractivity contribution in [2.24, 2.45) is 0 Å². The summed E-state index contributed by atoms with van der Waals surface area (Å²) in [6.45, 7) is 0. The Kier molecular flexibility index (Phi) is 4.43. The zero-order valence-corrected chi connectivity index (χ0v) is 9.87. The van der Waals surface area contributed by atoms with E-state index in [2.05, 4.69) is 12.6 Å². The molecule has 1 rings (SSSR count). The average molecular weight is 221 g/mol. The number of nitrogens with zero attached hydrogens (tertiary/aromatic N) is 1. The highest BCUT2D eigenvalue weighted by molar-refractivity contribution is 7.80. The first-order valence-electron chi connectivity index (χ1n) is 4.73. The summed E-state index contributed by atoms with van der Waals surface area (Å²) in [5, 5.41) is 0. The minimum atomic E-state index is 0.0410. The summed E-state index contributed by atoms with van der Waals surface area (Å²) in [6.07, 6.45) is 1.81. The van der Waals surface area contributed by atoms with Gasteiger partial charge in [-0.15, -0.1) is 0 Å². The van der Waals surface area contributed by atoms with E-state index in [1.54, 1.807) is 0 Å². The summed E-state index contributed by atoms with van der Waals surface area (Å²) >= 11 is 4.16. The van der Waals surface area contributed by atoms with Crippen LogP contribution in [0.2, 0.25) is 0 Å². The lowest BCUT2D eigenvalue weighted by molar-refractivity contribution is 0.103. The van der Waals surface area contributed by atoms with E-state index in [0.29, 0.717) is 16.9 Å². The molecule has 1 aromatic rings. The molecule has 1 aromatic carbocycles. The van der Waals surface area contributed by atoms with Gasteiger partial charge in [-0.1, -0.05) is 30.3 Å². The van der Waals surface area contributed by atoms with Gasteiger partial charge in [0.05, 0.1) is 0 Å². The maximum absolute atomic E-state index is 12.0. The first-order chi connectivity index (χ1) is 7.15. The molecular weight excluding hydrogens is 206 g/mol. The summed E-state index contributed by atoms with van der Waals surface area (Å²) in [6, 6.07) is 9.25. The summed E-state index contributed by atoms with van der Waals surface area (Å²) < 4.78 is 0. The van der Waals surface area contributed by atoms with Crippen molar-refractivity contribution in [3.63, 3.8) is 0 Å². The SMILES string of the molecule is CN(C)C=C(CS)C(=O)c1ccccc1. The molecule has 0 aliphatic rings. The van der Waals surface area contributed by atoms with Crippen LogP contribution in [0.4, 0.5) is 0 Å². The first-order valence-corrected chi connectivity index (χ1v) is 5.36. The number of ketones is 1. The van der Waals surface area contributed by atoms with Crippen LogP contribution < -0.4 is 0 Å². The Morgan fingerprint density at radius 1 is 1.33 bits per heavy atom. The zero-order chi connectivity index (χ0) is 11.3. The van der Waals surface area contributed by atoms with Crippen molar-refractivity contribution in [3.05, 3.63) is 47.7 Å². The second-order valence-electron chi connectivity index (χ2n) is 3.47. The second-order valence-corrected chi connectivity index (χ2v) is 3.79. The molecule has 15 heavy (non-hydrogen) atoms. The van der Waals surface area contributed by atoms with Crippen LogP contribution in [0.15, 0.2) is 42.1 Å². The Labute approximate surface area is 96.0 Å². The molecule has 0 N–H and O–H groups in total. The van der Waals surface area contributed by atoms with E-state index < -0.39 is 0 Å². The highest BCUT2D eigenvalue weighted by Crippen LogP contribution is 2.09. The van der Waals surface area contributed by atoms with Gasteiger partial charge >= 0.3 is 0 Å². The lowest BCUT2D eigenvalue weighted by atomic mass is 10.1. The van der Waals surface area contributed by atoms with E-state index in [9.17, 15) is 4.79 Å². The fraction of sp³-hybridized carbons (Fsp3) is 0.250. The molecule has 0 aliphatic heterocycles. The molecule has 80 valence electrons. The van der Waals surface area contributed by atoms with Crippen molar-refractivity contribution < 1.29 is 4.79 Å². The maximum Gasteiger partial charge on any atom is 0.191 e. The van der Waals surface area contributed by atoms with Crippen molar-refractivity contribution in [1.29, 1.82) is 0 Å². The Bertz CT molecular complexity index is 357. The lowest BCUT2D eigenvalue weighted by Crippen LogP contribution is -2.10.